The van der Waals surface area contributed by atoms with Gasteiger partial charge in [0.15, 0.2) is 0 Å². The summed E-state index contributed by atoms with van der Waals surface area (Å²) in [7, 11) is -1.34. The first-order valence-electron chi connectivity index (χ1n) is 15.5. The zero-order valence-corrected chi connectivity index (χ0v) is 31.1. The molecule has 6 rings (SSSR count). The maximum Gasteiger partial charge on any atom is 0.121 e. The zero-order chi connectivity index (χ0) is 31.5. The molecule has 0 saturated carbocycles. The van der Waals surface area contributed by atoms with Gasteiger partial charge in [-0.05, 0) is 70.7 Å². The van der Waals surface area contributed by atoms with Crippen LogP contribution in [0.2, 0.25) is 19.6 Å². The molecule has 6 heteroatoms. The Hall–Kier alpha value is -3.44. The quantitative estimate of drug-likeness (QED) is 0.125. The molecular weight excluding hydrogens is 747 g/mol. The SMILES string of the molecule is CC(C)(C)Cc1ccnc(-c2[c-]ncc3c2oc2ccccc23)c1.CC(C)Cc1cc(-c2[c-]cccc2)ncc1[Si](C)(C)C.[Ir]. The van der Waals surface area contributed by atoms with E-state index >= 15 is 0 Å². The molecule has 4 aromatic heterocycles. The Morgan fingerprint density at radius 1 is 0.867 bits per heavy atom. The van der Waals surface area contributed by atoms with Crippen LogP contribution in [-0.2, 0) is 32.9 Å². The maximum atomic E-state index is 6.07. The molecule has 0 unspecified atom stereocenters. The minimum atomic E-state index is -1.34. The molecule has 0 spiro atoms. The molecule has 0 aliphatic heterocycles. The van der Waals surface area contributed by atoms with Crippen molar-refractivity contribution >= 4 is 35.2 Å². The van der Waals surface area contributed by atoms with Crippen molar-refractivity contribution in [3.8, 4) is 22.5 Å². The molecule has 0 fully saturated rings. The van der Waals surface area contributed by atoms with E-state index in [1.165, 1.54) is 16.3 Å². The molecule has 0 aliphatic rings. The minimum absolute atomic E-state index is 0. The number of hydrogen-bond acceptors (Lipinski definition) is 4. The van der Waals surface area contributed by atoms with Crippen LogP contribution in [0.5, 0.6) is 0 Å². The van der Waals surface area contributed by atoms with Crippen LogP contribution in [0.3, 0.4) is 0 Å². The summed E-state index contributed by atoms with van der Waals surface area (Å²) in [5, 5.41) is 3.56. The monoisotopic (exact) mass is 790 g/mol. The van der Waals surface area contributed by atoms with E-state index in [4.69, 9.17) is 4.42 Å². The number of aromatic nitrogens is 3. The van der Waals surface area contributed by atoms with Crippen molar-refractivity contribution in [3.63, 3.8) is 0 Å². The molecule has 0 saturated heterocycles. The van der Waals surface area contributed by atoms with Gasteiger partial charge in [0.25, 0.3) is 0 Å². The Labute approximate surface area is 283 Å². The van der Waals surface area contributed by atoms with Gasteiger partial charge < -0.3 is 19.4 Å². The molecule has 4 heterocycles. The first-order chi connectivity index (χ1) is 20.9. The van der Waals surface area contributed by atoms with Crippen molar-refractivity contribution in [1.29, 1.82) is 0 Å². The zero-order valence-electron chi connectivity index (χ0n) is 27.7. The number of benzene rings is 2. The molecular formula is C39H43IrN3OSi-2. The molecule has 4 nitrogen and oxygen atoms in total. The number of hydrogen-bond donors (Lipinski definition) is 0. The predicted octanol–water partition coefficient (Wildman–Crippen LogP) is 9.72. The van der Waals surface area contributed by atoms with Gasteiger partial charge in [0.05, 0.1) is 13.7 Å². The van der Waals surface area contributed by atoms with E-state index in [1.54, 1.807) is 0 Å². The summed E-state index contributed by atoms with van der Waals surface area (Å²) >= 11 is 0. The number of rotatable bonds is 6. The van der Waals surface area contributed by atoms with E-state index in [9.17, 15) is 0 Å². The summed E-state index contributed by atoms with van der Waals surface area (Å²) in [6, 6.07) is 25.8. The standard InChI is InChI=1S/C21H19N2O.C18H24NSi.Ir/c1-21(2,3)11-14-8-9-23-18(10-14)17-13-22-12-16-15-6-4-5-7-19(15)24-20(16)17;1-14(2)11-16-12-17(15-9-7-6-8-10-15)19-13-18(16)20(3,4)5;/h4-10,12H,11H2,1-3H3;6-9,12-14H,11H2,1-5H3;/q2*-1;. The van der Waals surface area contributed by atoms with Gasteiger partial charge in [-0.25, -0.2) is 0 Å². The molecule has 0 aliphatic carbocycles. The molecule has 0 bridgehead atoms. The molecule has 45 heavy (non-hydrogen) atoms. The third kappa shape index (κ3) is 8.64. The topological polar surface area (TPSA) is 51.8 Å². The van der Waals surface area contributed by atoms with E-state index in [0.29, 0.717) is 5.92 Å². The fraction of sp³-hybridized carbons (Fsp3) is 0.308. The second kappa shape index (κ2) is 14.3. The fourth-order valence-corrected chi connectivity index (χ4v) is 7.17. The van der Waals surface area contributed by atoms with E-state index in [-0.39, 0.29) is 25.5 Å². The molecule has 1 radical (unpaired) electrons. The van der Waals surface area contributed by atoms with E-state index in [1.807, 2.05) is 48.8 Å². The van der Waals surface area contributed by atoms with Gasteiger partial charge in [-0.3, -0.25) is 0 Å². The predicted molar refractivity (Wildman–Crippen MR) is 187 cm³/mol. The van der Waals surface area contributed by atoms with Gasteiger partial charge in [-0.2, -0.15) is 0 Å². The summed E-state index contributed by atoms with van der Waals surface area (Å²) < 4.78 is 6.07. The number of nitrogens with zero attached hydrogens (tertiary/aromatic N) is 3. The molecule has 6 aromatic rings. The fourth-order valence-electron chi connectivity index (χ4n) is 5.58. The maximum absolute atomic E-state index is 6.07. The van der Waals surface area contributed by atoms with E-state index < -0.39 is 8.07 Å². The van der Waals surface area contributed by atoms with Crippen LogP contribution in [0.1, 0.15) is 45.7 Å². The van der Waals surface area contributed by atoms with Crippen LogP contribution in [0.15, 0.2) is 89.7 Å². The van der Waals surface area contributed by atoms with Crippen LogP contribution in [-0.4, -0.2) is 23.0 Å². The van der Waals surface area contributed by atoms with Crippen LogP contribution in [0.4, 0.5) is 0 Å². The Balaban J connectivity index is 0.000000204. The molecule has 0 N–H and O–H groups in total. The first-order valence-corrected chi connectivity index (χ1v) is 19.0. The van der Waals surface area contributed by atoms with Gasteiger partial charge in [-0.15, -0.1) is 35.9 Å². The number of furan rings is 1. The molecule has 0 amide bonds. The number of para-hydroxylation sites is 1. The third-order valence-electron chi connectivity index (χ3n) is 7.46. The Morgan fingerprint density at radius 2 is 1.62 bits per heavy atom. The van der Waals surface area contributed by atoms with Crippen molar-refractivity contribution in [2.45, 2.75) is 67.1 Å². The number of pyridine rings is 3. The Morgan fingerprint density at radius 3 is 2.31 bits per heavy atom. The summed E-state index contributed by atoms with van der Waals surface area (Å²) in [5.74, 6) is 0.667. The van der Waals surface area contributed by atoms with Gasteiger partial charge in [0.2, 0.25) is 0 Å². The van der Waals surface area contributed by atoms with Gasteiger partial charge in [-0.1, -0.05) is 101 Å². The molecule has 235 valence electrons. The smallest absolute Gasteiger partial charge is 0.121 e. The molecule has 0 atom stereocenters. The number of fused-ring (bicyclic) bond motifs is 3. The normalized spacial score (nSPS) is 11.8. The Bertz CT molecular complexity index is 1870. The van der Waals surface area contributed by atoms with Gasteiger partial charge in [0, 0.05) is 37.9 Å². The van der Waals surface area contributed by atoms with Crippen LogP contribution in [0, 0.1) is 23.6 Å². The van der Waals surface area contributed by atoms with Crippen molar-refractivity contribution < 1.29 is 24.5 Å². The van der Waals surface area contributed by atoms with Gasteiger partial charge >= 0.3 is 0 Å². The molecule has 2 aromatic carbocycles. The van der Waals surface area contributed by atoms with Crippen molar-refractivity contribution in [2.24, 2.45) is 11.3 Å². The summed E-state index contributed by atoms with van der Waals surface area (Å²) in [6.45, 7) is 18.4. The average molecular weight is 790 g/mol. The summed E-state index contributed by atoms with van der Waals surface area (Å²) in [4.78, 5) is 13.5. The average Bonchev–Trinajstić information content (AvgIpc) is 3.35. The summed E-state index contributed by atoms with van der Waals surface area (Å²) in [5.41, 5.74) is 8.42. The first kappa shape index (κ1) is 34.4. The van der Waals surface area contributed by atoms with Crippen LogP contribution in [0.25, 0.3) is 44.5 Å². The summed E-state index contributed by atoms with van der Waals surface area (Å²) in [6.07, 6.45) is 11.0. The second-order valence-electron chi connectivity index (χ2n) is 14.2. The van der Waals surface area contributed by atoms with Crippen molar-refractivity contribution in [2.75, 3.05) is 0 Å². The van der Waals surface area contributed by atoms with E-state index in [0.717, 1.165) is 57.3 Å². The van der Waals surface area contributed by atoms with Crippen LogP contribution < -0.4 is 5.19 Å². The minimum Gasteiger partial charge on any atom is -0.500 e. The van der Waals surface area contributed by atoms with Crippen molar-refractivity contribution in [3.05, 3.63) is 109 Å². The second-order valence-corrected chi connectivity index (χ2v) is 19.3. The van der Waals surface area contributed by atoms with Crippen molar-refractivity contribution in [1.82, 2.24) is 15.0 Å². The van der Waals surface area contributed by atoms with Crippen LogP contribution >= 0.6 is 0 Å². The van der Waals surface area contributed by atoms with Gasteiger partial charge in [0.1, 0.15) is 5.58 Å². The Kier molecular flexibility index (Phi) is 11.0. The van der Waals surface area contributed by atoms with E-state index in [2.05, 4.69) is 118 Å². The largest absolute Gasteiger partial charge is 0.500 e. The third-order valence-corrected chi connectivity index (χ3v) is 9.52.